The molecule has 7 nitrogen and oxygen atoms in total. The summed E-state index contributed by atoms with van der Waals surface area (Å²) in [6, 6.07) is 1.99. The van der Waals surface area contributed by atoms with E-state index in [0.717, 1.165) is 11.3 Å². The summed E-state index contributed by atoms with van der Waals surface area (Å²) in [5.41, 5.74) is 6.16. The fraction of sp³-hybridized carbons (Fsp3) is 0.500. The van der Waals surface area contributed by atoms with Gasteiger partial charge in [0.15, 0.2) is 9.84 Å². The van der Waals surface area contributed by atoms with Gasteiger partial charge in [0.1, 0.15) is 21.5 Å². The number of nitrogens with zero attached hydrogens (tertiary/aromatic N) is 2. The maximum absolute atomic E-state index is 11.8. The minimum Gasteiger partial charge on any atom is -0.462 e. The van der Waals surface area contributed by atoms with Gasteiger partial charge in [0.05, 0.1) is 23.8 Å². The summed E-state index contributed by atoms with van der Waals surface area (Å²) in [5, 5.41) is 9.77. The molecule has 1 aliphatic rings. The lowest BCUT2D eigenvalue weighted by Gasteiger charge is -2.27. The molecule has 0 atom stereocenters. The number of nitrogen functional groups attached to an aromatic ring is 1. The summed E-state index contributed by atoms with van der Waals surface area (Å²) in [6.45, 7) is 2.48. The van der Waals surface area contributed by atoms with E-state index in [1.54, 1.807) is 11.8 Å². The Labute approximate surface area is 126 Å². The zero-order valence-corrected chi connectivity index (χ0v) is 13.1. The summed E-state index contributed by atoms with van der Waals surface area (Å²) in [7, 11) is -3.01. The summed E-state index contributed by atoms with van der Waals surface area (Å²) < 4.78 is 27.8. The van der Waals surface area contributed by atoms with Crippen LogP contribution in [0.3, 0.4) is 0 Å². The number of rotatable bonds is 3. The van der Waals surface area contributed by atoms with Crippen LogP contribution in [-0.2, 0) is 14.6 Å². The van der Waals surface area contributed by atoms with Crippen molar-refractivity contribution < 1.29 is 17.9 Å². The monoisotopic (exact) mass is 329 g/mol. The number of anilines is 2. The third-order valence-electron chi connectivity index (χ3n) is 3.13. The highest BCUT2D eigenvalue weighted by atomic mass is 32.2. The number of hydrogen-bond acceptors (Lipinski definition) is 8. The number of ether oxygens (including phenoxy) is 1. The van der Waals surface area contributed by atoms with Crippen molar-refractivity contribution in [1.29, 1.82) is 5.26 Å². The molecule has 0 radical (unpaired) electrons. The maximum atomic E-state index is 11.8. The van der Waals surface area contributed by atoms with Crippen LogP contribution in [0.4, 0.5) is 10.7 Å². The molecule has 1 saturated heterocycles. The van der Waals surface area contributed by atoms with Crippen LogP contribution in [0.2, 0.25) is 0 Å². The van der Waals surface area contributed by atoms with Gasteiger partial charge in [-0.2, -0.15) is 5.26 Å². The first-order valence-electron chi connectivity index (χ1n) is 6.34. The van der Waals surface area contributed by atoms with Crippen LogP contribution in [0.5, 0.6) is 0 Å². The minimum atomic E-state index is -3.01. The van der Waals surface area contributed by atoms with Gasteiger partial charge in [0.2, 0.25) is 0 Å². The molecule has 2 rings (SSSR count). The standard InChI is InChI=1S/C12H15N3O4S2/c1-2-19-12(16)10-9(14)8(7-13)11(20-10)15-3-5-21(17,18)6-4-15/h2-6,14H2,1H3. The Morgan fingerprint density at radius 3 is 2.62 bits per heavy atom. The predicted octanol–water partition coefficient (Wildman–Crippen LogP) is 0.613. The van der Waals surface area contributed by atoms with Gasteiger partial charge in [-0.1, -0.05) is 0 Å². The molecule has 0 saturated carbocycles. The van der Waals surface area contributed by atoms with Gasteiger partial charge in [-0.05, 0) is 6.92 Å². The molecule has 114 valence electrons. The molecular formula is C12H15N3O4S2. The largest absolute Gasteiger partial charge is 0.462 e. The molecule has 2 heterocycles. The summed E-state index contributed by atoms with van der Waals surface area (Å²) >= 11 is 1.07. The average molecular weight is 329 g/mol. The molecule has 1 aromatic rings. The van der Waals surface area contributed by atoms with Crippen LogP contribution >= 0.6 is 11.3 Å². The van der Waals surface area contributed by atoms with Crippen molar-refractivity contribution in [2.45, 2.75) is 6.92 Å². The number of nitriles is 1. The second kappa shape index (κ2) is 5.91. The van der Waals surface area contributed by atoms with Crippen molar-refractivity contribution >= 4 is 37.8 Å². The van der Waals surface area contributed by atoms with Crippen molar-refractivity contribution in [1.82, 2.24) is 0 Å². The van der Waals surface area contributed by atoms with E-state index in [1.807, 2.05) is 6.07 Å². The number of nitrogens with two attached hydrogens (primary N) is 1. The molecule has 0 aromatic carbocycles. The Morgan fingerprint density at radius 2 is 2.10 bits per heavy atom. The second-order valence-corrected chi connectivity index (χ2v) is 7.80. The fourth-order valence-electron chi connectivity index (χ4n) is 2.03. The topological polar surface area (TPSA) is 113 Å². The van der Waals surface area contributed by atoms with Gasteiger partial charge in [-0.25, -0.2) is 13.2 Å². The van der Waals surface area contributed by atoms with Crippen LogP contribution < -0.4 is 10.6 Å². The third kappa shape index (κ3) is 3.11. The number of carbonyl (C=O) groups excluding carboxylic acids is 1. The number of thiophene rings is 1. The lowest BCUT2D eigenvalue weighted by Crippen LogP contribution is -2.40. The number of esters is 1. The van der Waals surface area contributed by atoms with E-state index in [0.29, 0.717) is 18.1 Å². The van der Waals surface area contributed by atoms with Crippen molar-refractivity contribution in [3.05, 3.63) is 10.4 Å². The summed E-state index contributed by atoms with van der Waals surface area (Å²) in [5.74, 6) is -0.498. The van der Waals surface area contributed by atoms with Crippen LogP contribution in [0.25, 0.3) is 0 Å². The van der Waals surface area contributed by atoms with Crippen LogP contribution in [0.1, 0.15) is 22.2 Å². The number of carbonyl (C=O) groups is 1. The Balaban J connectivity index is 2.34. The first kappa shape index (κ1) is 15.6. The van der Waals surface area contributed by atoms with Crippen molar-refractivity contribution in [2.24, 2.45) is 0 Å². The van der Waals surface area contributed by atoms with Crippen LogP contribution in [0, 0.1) is 11.3 Å². The molecule has 1 aliphatic heterocycles. The quantitative estimate of drug-likeness (QED) is 0.808. The van der Waals surface area contributed by atoms with Crippen molar-refractivity contribution in [3.63, 3.8) is 0 Å². The van der Waals surface area contributed by atoms with Gasteiger partial charge in [-0.15, -0.1) is 11.3 Å². The zero-order valence-electron chi connectivity index (χ0n) is 11.5. The molecule has 2 N–H and O–H groups in total. The Hall–Kier alpha value is -1.79. The fourth-order valence-corrected chi connectivity index (χ4v) is 4.34. The Kier molecular flexibility index (Phi) is 4.39. The van der Waals surface area contributed by atoms with E-state index < -0.39 is 15.8 Å². The predicted molar refractivity (Wildman–Crippen MR) is 80.3 cm³/mol. The van der Waals surface area contributed by atoms with Gasteiger partial charge in [0, 0.05) is 13.1 Å². The van der Waals surface area contributed by atoms with E-state index in [-0.39, 0.29) is 34.2 Å². The Morgan fingerprint density at radius 1 is 1.48 bits per heavy atom. The SMILES string of the molecule is CCOC(=O)c1sc(N2CCS(=O)(=O)CC2)c(C#N)c1N. The number of sulfone groups is 1. The minimum absolute atomic E-state index is 0.0322. The molecule has 0 bridgehead atoms. The lowest BCUT2D eigenvalue weighted by molar-refractivity contribution is 0.0533. The molecule has 9 heteroatoms. The summed E-state index contributed by atoms with van der Waals surface area (Å²) in [6.07, 6.45) is 0. The molecule has 0 unspecified atom stereocenters. The molecule has 1 fully saturated rings. The van der Waals surface area contributed by atoms with E-state index in [9.17, 15) is 18.5 Å². The highest BCUT2D eigenvalue weighted by Crippen LogP contribution is 2.38. The highest BCUT2D eigenvalue weighted by molar-refractivity contribution is 7.91. The molecule has 0 spiro atoms. The molecule has 1 aromatic heterocycles. The van der Waals surface area contributed by atoms with Crippen molar-refractivity contribution in [3.8, 4) is 6.07 Å². The van der Waals surface area contributed by atoms with E-state index in [4.69, 9.17) is 10.5 Å². The molecule has 0 amide bonds. The number of hydrogen-bond donors (Lipinski definition) is 1. The molecule has 0 aliphatic carbocycles. The van der Waals surface area contributed by atoms with E-state index >= 15 is 0 Å². The Bertz CT molecular complexity index is 689. The molecule has 21 heavy (non-hydrogen) atoms. The first-order chi connectivity index (χ1) is 9.89. The van der Waals surface area contributed by atoms with Crippen LogP contribution in [-0.4, -0.2) is 45.6 Å². The second-order valence-electron chi connectivity index (χ2n) is 4.50. The highest BCUT2D eigenvalue weighted by Gasteiger charge is 2.29. The van der Waals surface area contributed by atoms with Gasteiger partial charge in [0.25, 0.3) is 0 Å². The average Bonchev–Trinajstić information content (AvgIpc) is 2.76. The normalized spacial score (nSPS) is 17.2. The van der Waals surface area contributed by atoms with Gasteiger partial charge >= 0.3 is 5.97 Å². The summed E-state index contributed by atoms with van der Waals surface area (Å²) in [4.78, 5) is 13.8. The van der Waals surface area contributed by atoms with E-state index in [2.05, 4.69) is 0 Å². The molecular weight excluding hydrogens is 314 g/mol. The first-order valence-corrected chi connectivity index (χ1v) is 8.98. The van der Waals surface area contributed by atoms with Crippen molar-refractivity contribution in [2.75, 3.05) is 41.8 Å². The van der Waals surface area contributed by atoms with Crippen LogP contribution in [0.15, 0.2) is 0 Å². The smallest absolute Gasteiger partial charge is 0.350 e. The third-order valence-corrected chi connectivity index (χ3v) is 5.99. The van der Waals surface area contributed by atoms with Gasteiger partial charge < -0.3 is 15.4 Å². The lowest BCUT2D eigenvalue weighted by atomic mass is 10.2. The van der Waals surface area contributed by atoms with E-state index in [1.165, 1.54) is 0 Å². The zero-order chi connectivity index (χ0) is 15.6. The van der Waals surface area contributed by atoms with Gasteiger partial charge in [-0.3, -0.25) is 0 Å². The maximum Gasteiger partial charge on any atom is 0.350 e.